The standard InChI is InChI=1S/C15H23ClO2S/c1-5-10-19(17,18)14-8-6-13(7-9-14)15(11(2)3)12(4)16/h6-9,11-12,15H,5,10H2,1-4H3. The molecule has 0 bridgehead atoms. The summed E-state index contributed by atoms with van der Waals surface area (Å²) in [5.74, 6) is 0.862. The molecular formula is C15H23ClO2S. The van der Waals surface area contributed by atoms with Crippen LogP contribution < -0.4 is 0 Å². The summed E-state index contributed by atoms with van der Waals surface area (Å²) < 4.78 is 23.9. The van der Waals surface area contributed by atoms with Gasteiger partial charge < -0.3 is 0 Å². The van der Waals surface area contributed by atoms with E-state index in [2.05, 4.69) is 13.8 Å². The van der Waals surface area contributed by atoms with Gasteiger partial charge in [-0.2, -0.15) is 0 Å². The highest BCUT2D eigenvalue weighted by Crippen LogP contribution is 2.31. The summed E-state index contributed by atoms with van der Waals surface area (Å²) in [5, 5.41) is 0.0260. The van der Waals surface area contributed by atoms with Crippen LogP contribution in [0.2, 0.25) is 0 Å². The number of halogens is 1. The maximum Gasteiger partial charge on any atom is 0.178 e. The number of hydrogen-bond acceptors (Lipinski definition) is 2. The number of benzene rings is 1. The van der Waals surface area contributed by atoms with E-state index in [1.54, 1.807) is 12.1 Å². The molecule has 2 atom stereocenters. The number of sulfone groups is 1. The first-order valence-corrected chi connectivity index (χ1v) is 8.85. The van der Waals surface area contributed by atoms with Crippen molar-refractivity contribution in [3.63, 3.8) is 0 Å². The van der Waals surface area contributed by atoms with E-state index in [0.29, 0.717) is 17.2 Å². The first-order chi connectivity index (χ1) is 8.79. The highest BCUT2D eigenvalue weighted by Gasteiger charge is 2.22. The number of hydrogen-bond donors (Lipinski definition) is 0. The Hall–Kier alpha value is -0.540. The highest BCUT2D eigenvalue weighted by molar-refractivity contribution is 7.91. The third kappa shape index (κ3) is 4.22. The molecule has 0 radical (unpaired) electrons. The minimum atomic E-state index is -3.13. The van der Waals surface area contributed by atoms with Gasteiger partial charge >= 0.3 is 0 Å². The van der Waals surface area contributed by atoms with Crippen molar-refractivity contribution in [2.24, 2.45) is 5.92 Å². The largest absolute Gasteiger partial charge is 0.224 e. The average Bonchev–Trinajstić information content (AvgIpc) is 2.28. The van der Waals surface area contributed by atoms with Gasteiger partial charge in [0.1, 0.15) is 0 Å². The molecule has 0 aliphatic heterocycles. The van der Waals surface area contributed by atoms with Crippen molar-refractivity contribution in [3.8, 4) is 0 Å². The van der Waals surface area contributed by atoms with E-state index in [0.717, 1.165) is 5.56 Å². The summed E-state index contributed by atoms with van der Waals surface area (Å²) in [6, 6.07) is 7.20. The van der Waals surface area contributed by atoms with E-state index in [9.17, 15) is 8.42 Å². The lowest BCUT2D eigenvalue weighted by atomic mass is 9.86. The number of rotatable bonds is 6. The van der Waals surface area contributed by atoms with E-state index < -0.39 is 9.84 Å². The SMILES string of the molecule is CCCS(=O)(=O)c1ccc(C(C(C)C)C(C)Cl)cc1. The molecule has 1 rings (SSSR count). The zero-order valence-corrected chi connectivity index (χ0v) is 13.6. The van der Waals surface area contributed by atoms with Gasteiger partial charge in [0.15, 0.2) is 9.84 Å². The van der Waals surface area contributed by atoms with E-state index in [-0.39, 0.29) is 17.0 Å². The topological polar surface area (TPSA) is 34.1 Å². The predicted octanol–water partition coefficient (Wildman–Crippen LogP) is 4.24. The van der Waals surface area contributed by atoms with Crippen LogP contribution in [0.4, 0.5) is 0 Å². The summed E-state index contributed by atoms with van der Waals surface area (Å²) in [6.45, 7) is 8.11. The molecular weight excluding hydrogens is 280 g/mol. The molecule has 0 aliphatic carbocycles. The van der Waals surface area contributed by atoms with Gasteiger partial charge in [-0.05, 0) is 37.0 Å². The Balaban J connectivity index is 3.05. The molecule has 1 aromatic carbocycles. The molecule has 0 spiro atoms. The minimum Gasteiger partial charge on any atom is -0.224 e. The molecule has 19 heavy (non-hydrogen) atoms. The maximum atomic E-state index is 12.0. The summed E-state index contributed by atoms with van der Waals surface area (Å²) in [6.07, 6.45) is 0.636. The molecule has 0 aromatic heterocycles. The molecule has 1 aromatic rings. The van der Waals surface area contributed by atoms with Crippen LogP contribution in [0.5, 0.6) is 0 Å². The van der Waals surface area contributed by atoms with Gasteiger partial charge in [-0.1, -0.05) is 32.9 Å². The van der Waals surface area contributed by atoms with Crippen LogP contribution in [0.25, 0.3) is 0 Å². The lowest BCUT2D eigenvalue weighted by Crippen LogP contribution is -2.16. The summed E-state index contributed by atoms with van der Waals surface area (Å²) in [7, 11) is -3.13. The van der Waals surface area contributed by atoms with Gasteiger partial charge in [0, 0.05) is 11.3 Å². The molecule has 0 saturated carbocycles. The highest BCUT2D eigenvalue weighted by atomic mass is 35.5. The molecule has 4 heteroatoms. The van der Waals surface area contributed by atoms with Gasteiger partial charge in [0.25, 0.3) is 0 Å². The Bertz CT molecular complexity index is 481. The van der Waals surface area contributed by atoms with Crippen LogP contribution in [-0.4, -0.2) is 19.5 Å². The molecule has 0 aliphatic rings. The lowest BCUT2D eigenvalue weighted by molar-refractivity contribution is 0.490. The Morgan fingerprint density at radius 1 is 1.11 bits per heavy atom. The van der Waals surface area contributed by atoms with E-state index >= 15 is 0 Å². The molecule has 2 nitrogen and oxygen atoms in total. The Morgan fingerprint density at radius 2 is 1.63 bits per heavy atom. The van der Waals surface area contributed by atoms with E-state index in [1.165, 1.54) is 0 Å². The zero-order chi connectivity index (χ0) is 14.6. The first-order valence-electron chi connectivity index (χ1n) is 6.76. The lowest BCUT2D eigenvalue weighted by Gasteiger charge is -2.24. The van der Waals surface area contributed by atoms with Crippen molar-refractivity contribution in [1.82, 2.24) is 0 Å². The second-order valence-corrected chi connectivity index (χ2v) is 8.13. The summed E-state index contributed by atoms with van der Waals surface area (Å²) in [4.78, 5) is 0.405. The number of alkyl halides is 1. The minimum absolute atomic E-state index is 0.0260. The molecule has 0 fully saturated rings. The van der Waals surface area contributed by atoms with Gasteiger partial charge in [-0.25, -0.2) is 8.42 Å². The fourth-order valence-corrected chi connectivity index (χ4v) is 4.22. The van der Waals surface area contributed by atoms with Crippen molar-refractivity contribution in [2.45, 2.75) is 50.3 Å². The molecule has 0 amide bonds. The Kier molecular flexibility index (Phi) is 5.87. The van der Waals surface area contributed by atoms with Crippen molar-refractivity contribution in [3.05, 3.63) is 29.8 Å². The predicted molar refractivity (Wildman–Crippen MR) is 81.7 cm³/mol. The van der Waals surface area contributed by atoms with Crippen LogP contribution >= 0.6 is 11.6 Å². The third-order valence-corrected chi connectivity index (χ3v) is 5.52. The average molecular weight is 303 g/mol. The zero-order valence-electron chi connectivity index (χ0n) is 12.1. The first kappa shape index (κ1) is 16.5. The molecule has 0 heterocycles. The van der Waals surface area contributed by atoms with E-state index in [4.69, 9.17) is 11.6 Å². The van der Waals surface area contributed by atoms with Gasteiger partial charge in [-0.15, -0.1) is 11.6 Å². The second-order valence-electron chi connectivity index (χ2n) is 5.34. The molecule has 108 valence electrons. The maximum absolute atomic E-state index is 12.0. The normalized spacial score (nSPS) is 15.5. The quantitative estimate of drug-likeness (QED) is 0.737. The van der Waals surface area contributed by atoms with Gasteiger partial charge in [-0.3, -0.25) is 0 Å². The van der Waals surface area contributed by atoms with Crippen molar-refractivity contribution >= 4 is 21.4 Å². The molecule has 2 unspecified atom stereocenters. The van der Waals surface area contributed by atoms with Crippen LogP contribution in [0, 0.1) is 5.92 Å². The summed E-state index contributed by atoms with van der Waals surface area (Å²) in [5.41, 5.74) is 1.10. The van der Waals surface area contributed by atoms with E-state index in [1.807, 2.05) is 26.0 Å². The molecule has 0 N–H and O–H groups in total. The Morgan fingerprint density at radius 3 is 2.00 bits per heavy atom. The van der Waals surface area contributed by atoms with Gasteiger partial charge in [0.05, 0.1) is 10.6 Å². The third-order valence-electron chi connectivity index (χ3n) is 3.31. The fourth-order valence-electron chi connectivity index (χ4n) is 2.46. The second kappa shape index (κ2) is 6.76. The molecule has 0 saturated heterocycles. The summed E-state index contributed by atoms with van der Waals surface area (Å²) >= 11 is 6.23. The van der Waals surface area contributed by atoms with Crippen molar-refractivity contribution in [1.29, 1.82) is 0 Å². The monoisotopic (exact) mass is 302 g/mol. The fraction of sp³-hybridized carbons (Fsp3) is 0.600. The van der Waals surface area contributed by atoms with Crippen LogP contribution in [-0.2, 0) is 9.84 Å². The Labute approximate surface area is 122 Å². The van der Waals surface area contributed by atoms with Gasteiger partial charge in [0.2, 0.25) is 0 Å². The smallest absolute Gasteiger partial charge is 0.178 e. The van der Waals surface area contributed by atoms with Crippen molar-refractivity contribution in [2.75, 3.05) is 5.75 Å². The van der Waals surface area contributed by atoms with Crippen LogP contribution in [0.1, 0.15) is 45.6 Å². The van der Waals surface area contributed by atoms with Crippen LogP contribution in [0.15, 0.2) is 29.2 Å². The van der Waals surface area contributed by atoms with Crippen LogP contribution in [0.3, 0.4) is 0 Å². The van der Waals surface area contributed by atoms with Crippen molar-refractivity contribution < 1.29 is 8.42 Å².